The van der Waals surface area contributed by atoms with Gasteiger partial charge in [-0.3, -0.25) is 4.79 Å². The van der Waals surface area contributed by atoms with Crippen LogP contribution in [0.25, 0.3) is 10.1 Å². The first-order valence-corrected chi connectivity index (χ1v) is 8.12. The predicted octanol–water partition coefficient (Wildman–Crippen LogP) is 3.81. The Morgan fingerprint density at radius 1 is 1.30 bits per heavy atom. The summed E-state index contributed by atoms with van der Waals surface area (Å²) in [5.41, 5.74) is 0.130. The van der Waals surface area contributed by atoms with Gasteiger partial charge in [0.05, 0.1) is 0 Å². The van der Waals surface area contributed by atoms with E-state index in [1.54, 1.807) is 19.1 Å². The zero-order valence-corrected chi connectivity index (χ0v) is 14.6. The summed E-state index contributed by atoms with van der Waals surface area (Å²) in [5.74, 6) is -1.34. The third-order valence-electron chi connectivity index (χ3n) is 3.24. The van der Waals surface area contributed by atoms with Crippen LogP contribution >= 0.6 is 11.3 Å². The first-order valence-electron chi connectivity index (χ1n) is 7.31. The van der Waals surface area contributed by atoms with Crippen LogP contribution in [0.5, 0.6) is 0 Å². The van der Waals surface area contributed by atoms with Gasteiger partial charge in [0, 0.05) is 15.6 Å². The van der Waals surface area contributed by atoms with Crippen molar-refractivity contribution in [2.45, 2.75) is 46.3 Å². The summed E-state index contributed by atoms with van der Waals surface area (Å²) >= 11 is 1.17. The summed E-state index contributed by atoms with van der Waals surface area (Å²) in [5, 5.41) is 3.18. The molecule has 124 valence electrons. The SMILES string of the molecule is Cc1c(C(=O)O[C@H](C)C(=O)NC(C)(C)C)sc2cccc(F)c12. The monoisotopic (exact) mass is 337 g/mol. The van der Waals surface area contributed by atoms with Crippen molar-refractivity contribution in [1.29, 1.82) is 0 Å². The van der Waals surface area contributed by atoms with Gasteiger partial charge in [-0.25, -0.2) is 9.18 Å². The fourth-order valence-corrected chi connectivity index (χ4v) is 3.29. The third kappa shape index (κ3) is 3.88. The molecule has 23 heavy (non-hydrogen) atoms. The van der Waals surface area contributed by atoms with Gasteiger partial charge < -0.3 is 10.1 Å². The number of thiophene rings is 1. The van der Waals surface area contributed by atoms with Gasteiger partial charge in [-0.15, -0.1) is 11.3 Å². The zero-order valence-electron chi connectivity index (χ0n) is 13.8. The first kappa shape index (κ1) is 17.4. The molecule has 1 amide bonds. The van der Waals surface area contributed by atoms with E-state index in [-0.39, 0.29) is 11.7 Å². The van der Waals surface area contributed by atoms with Crippen LogP contribution in [0.3, 0.4) is 0 Å². The number of halogens is 1. The van der Waals surface area contributed by atoms with Crippen LogP contribution in [0.2, 0.25) is 0 Å². The summed E-state index contributed by atoms with van der Waals surface area (Å²) < 4.78 is 19.8. The lowest BCUT2D eigenvalue weighted by molar-refractivity contribution is -0.130. The Balaban J connectivity index is 2.20. The molecule has 6 heteroatoms. The number of carbonyl (C=O) groups is 2. The second kappa shape index (κ2) is 6.28. The molecule has 1 N–H and O–H groups in total. The smallest absolute Gasteiger partial charge is 0.349 e. The number of carbonyl (C=O) groups excluding carboxylic acids is 2. The maximum atomic E-state index is 13.9. The number of amides is 1. The molecular weight excluding hydrogens is 317 g/mol. The highest BCUT2D eigenvalue weighted by Gasteiger charge is 2.25. The van der Waals surface area contributed by atoms with Crippen molar-refractivity contribution in [3.05, 3.63) is 34.5 Å². The fourth-order valence-electron chi connectivity index (χ4n) is 2.19. The highest BCUT2D eigenvalue weighted by Crippen LogP contribution is 2.33. The summed E-state index contributed by atoms with van der Waals surface area (Å²) in [6.07, 6.45) is -0.920. The molecule has 2 aromatic rings. The van der Waals surface area contributed by atoms with Gasteiger partial charge >= 0.3 is 5.97 Å². The molecule has 1 aromatic carbocycles. The summed E-state index contributed by atoms with van der Waals surface area (Å²) in [6.45, 7) is 8.73. The van der Waals surface area contributed by atoms with Crippen LogP contribution in [-0.2, 0) is 9.53 Å². The number of benzene rings is 1. The third-order valence-corrected chi connectivity index (χ3v) is 4.48. The van der Waals surface area contributed by atoms with Crippen molar-refractivity contribution in [3.63, 3.8) is 0 Å². The largest absolute Gasteiger partial charge is 0.448 e. The molecule has 2 rings (SSSR count). The Bertz CT molecular complexity index is 761. The molecule has 0 spiro atoms. The highest BCUT2D eigenvalue weighted by molar-refractivity contribution is 7.21. The van der Waals surface area contributed by atoms with Crippen LogP contribution in [-0.4, -0.2) is 23.5 Å². The first-order chi connectivity index (χ1) is 10.6. The molecule has 1 heterocycles. The zero-order chi connectivity index (χ0) is 17.4. The normalized spacial score (nSPS) is 13.0. The van der Waals surface area contributed by atoms with Gasteiger partial charge in [0.1, 0.15) is 10.7 Å². The van der Waals surface area contributed by atoms with Crippen LogP contribution in [0, 0.1) is 12.7 Å². The van der Waals surface area contributed by atoms with E-state index in [0.717, 1.165) is 0 Å². The van der Waals surface area contributed by atoms with E-state index in [1.807, 2.05) is 20.8 Å². The molecule has 1 atom stereocenters. The number of hydrogen-bond donors (Lipinski definition) is 1. The van der Waals surface area contributed by atoms with Gasteiger partial charge in [-0.2, -0.15) is 0 Å². The van der Waals surface area contributed by atoms with Crippen molar-refractivity contribution in [2.75, 3.05) is 0 Å². The van der Waals surface area contributed by atoms with Crippen molar-refractivity contribution >= 4 is 33.3 Å². The van der Waals surface area contributed by atoms with Gasteiger partial charge in [-0.05, 0) is 52.3 Å². The van der Waals surface area contributed by atoms with E-state index in [4.69, 9.17) is 4.74 Å². The lowest BCUT2D eigenvalue weighted by atomic mass is 10.1. The minimum Gasteiger partial charge on any atom is -0.448 e. The van der Waals surface area contributed by atoms with Crippen LogP contribution in [0.4, 0.5) is 4.39 Å². The molecule has 0 bridgehead atoms. The van der Waals surface area contributed by atoms with Gasteiger partial charge in [0.2, 0.25) is 0 Å². The van der Waals surface area contributed by atoms with Crippen LogP contribution in [0.1, 0.15) is 42.9 Å². The summed E-state index contributed by atoms with van der Waals surface area (Å²) in [4.78, 5) is 24.6. The Labute approximate surface area is 138 Å². The molecule has 0 aliphatic carbocycles. The number of rotatable bonds is 3. The minimum atomic E-state index is -0.920. The number of ether oxygens (including phenoxy) is 1. The second-order valence-electron chi connectivity index (χ2n) is 6.46. The van der Waals surface area contributed by atoms with Crippen molar-refractivity contribution in [2.24, 2.45) is 0 Å². The van der Waals surface area contributed by atoms with E-state index in [0.29, 0.717) is 20.5 Å². The average molecular weight is 337 g/mol. The highest BCUT2D eigenvalue weighted by atomic mass is 32.1. The lowest BCUT2D eigenvalue weighted by Gasteiger charge is -2.23. The molecular formula is C17H20FNO3S. The lowest BCUT2D eigenvalue weighted by Crippen LogP contribution is -2.46. The van der Waals surface area contributed by atoms with Crippen molar-refractivity contribution in [1.82, 2.24) is 5.32 Å². The Morgan fingerprint density at radius 3 is 2.52 bits per heavy atom. The maximum absolute atomic E-state index is 13.9. The number of hydrogen-bond acceptors (Lipinski definition) is 4. The summed E-state index contributed by atoms with van der Waals surface area (Å²) in [7, 11) is 0. The van der Waals surface area contributed by atoms with Crippen molar-refractivity contribution < 1.29 is 18.7 Å². The van der Waals surface area contributed by atoms with Crippen molar-refractivity contribution in [3.8, 4) is 0 Å². The fraction of sp³-hybridized carbons (Fsp3) is 0.412. The molecule has 0 aliphatic heterocycles. The maximum Gasteiger partial charge on any atom is 0.349 e. The molecule has 0 saturated carbocycles. The quantitative estimate of drug-likeness (QED) is 0.867. The second-order valence-corrected chi connectivity index (χ2v) is 7.51. The minimum absolute atomic E-state index is 0.320. The van der Waals surface area contributed by atoms with E-state index < -0.39 is 17.6 Å². The molecule has 0 saturated heterocycles. The predicted molar refractivity (Wildman–Crippen MR) is 89.3 cm³/mol. The molecule has 4 nitrogen and oxygen atoms in total. The molecule has 0 unspecified atom stereocenters. The Hall–Kier alpha value is -1.95. The van der Waals surface area contributed by atoms with E-state index >= 15 is 0 Å². The molecule has 0 aliphatic rings. The van der Waals surface area contributed by atoms with Crippen LogP contribution < -0.4 is 5.32 Å². The molecule has 0 fully saturated rings. The van der Waals surface area contributed by atoms with Gasteiger partial charge in [0.25, 0.3) is 5.91 Å². The Kier molecular flexibility index (Phi) is 4.75. The molecule has 0 radical (unpaired) electrons. The molecule has 1 aromatic heterocycles. The van der Waals surface area contributed by atoms with Gasteiger partial charge in [-0.1, -0.05) is 6.07 Å². The number of aryl methyl sites for hydroxylation is 1. The Morgan fingerprint density at radius 2 is 1.96 bits per heavy atom. The number of nitrogens with one attached hydrogen (secondary N) is 1. The number of fused-ring (bicyclic) bond motifs is 1. The van der Waals surface area contributed by atoms with Crippen LogP contribution in [0.15, 0.2) is 18.2 Å². The van der Waals surface area contributed by atoms with Gasteiger partial charge in [0.15, 0.2) is 6.10 Å². The average Bonchev–Trinajstić information content (AvgIpc) is 2.75. The van der Waals surface area contributed by atoms with E-state index in [9.17, 15) is 14.0 Å². The standard InChI is InChI=1S/C17H20FNO3S/c1-9-13-11(18)7-6-8-12(13)23-14(9)16(21)22-10(2)15(20)19-17(3,4)5/h6-8,10H,1-5H3,(H,19,20)/t10-/m1/s1. The summed E-state index contributed by atoms with van der Waals surface area (Å²) in [6, 6.07) is 4.71. The number of esters is 1. The van der Waals surface area contributed by atoms with E-state index in [1.165, 1.54) is 24.3 Å². The topological polar surface area (TPSA) is 55.4 Å². The van der Waals surface area contributed by atoms with E-state index in [2.05, 4.69) is 5.32 Å².